The van der Waals surface area contributed by atoms with E-state index in [4.69, 9.17) is 0 Å². The number of carboxylic acid groups (broad SMARTS) is 1. The minimum absolute atomic E-state index is 0.388. The van der Waals surface area contributed by atoms with Gasteiger partial charge in [0, 0.05) is 5.69 Å². The number of carboxylic acids is 1. The van der Waals surface area contributed by atoms with Gasteiger partial charge < -0.3 is 10.4 Å². The van der Waals surface area contributed by atoms with Crippen molar-refractivity contribution in [2.24, 2.45) is 5.41 Å². The predicted octanol–water partition coefficient (Wildman–Crippen LogP) is 5.04. The summed E-state index contributed by atoms with van der Waals surface area (Å²) in [5.41, 5.74) is 0.873. The first-order valence-corrected chi connectivity index (χ1v) is 8.35. The zero-order valence-electron chi connectivity index (χ0n) is 14.3. The Kier molecular flexibility index (Phi) is 4.84. The largest absolute Gasteiger partial charge is 0.479 e. The Labute approximate surface area is 134 Å². The van der Waals surface area contributed by atoms with E-state index in [1.807, 2.05) is 32.9 Å². The highest BCUT2D eigenvalue weighted by molar-refractivity contribution is 5.83. The minimum Gasteiger partial charge on any atom is -0.479 e. The van der Waals surface area contributed by atoms with Crippen LogP contribution in [0, 0.1) is 5.41 Å². The standard InChI is InChI=1S/C19H29NO2/c1-18(2,3)19(4,17(21)22)20-16-12-10-15(11-13-16)14-8-6-5-7-9-14/h10-14,20H,5-9H2,1-4H3,(H,21,22). The molecule has 0 saturated heterocycles. The molecule has 1 aromatic rings. The molecule has 1 fully saturated rings. The van der Waals surface area contributed by atoms with E-state index in [0.29, 0.717) is 5.92 Å². The average Bonchev–Trinajstić information content (AvgIpc) is 2.47. The zero-order valence-corrected chi connectivity index (χ0v) is 14.3. The van der Waals surface area contributed by atoms with Gasteiger partial charge in [0.25, 0.3) is 0 Å². The van der Waals surface area contributed by atoms with Crippen molar-refractivity contribution in [3.05, 3.63) is 29.8 Å². The number of anilines is 1. The maximum Gasteiger partial charge on any atom is 0.329 e. The van der Waals surface area contributed by atoms with E-state index in [9.17, 15) is 9.90 Å². The molecular weight excluding hydrogens is 274 g/mol. The smallest absolute Gasteiger partial charge is 0.329 e. The molecule has 2 N–H and O–H groups in total. The lowest BCUT2D eigenvalue weighted by Gasteiger charge is -2.39. The maximum absolute atomic E-state index is 11.7. The van der Waals surface area contributed by atoms with E-state index < -0.39 is 11.5 Å². The van der Waals surface area contributed by atoms with Crippen LogP contribution in [0.4, 0.5) is 5.69 Å². The number of nitrogens with one attached hydrogen (secondary N) is 1. The zero-order chi connectivity index (χ0) is 16.4. The third-order valence-electron chi connectivity index (χ3n) is 5.31. The fourth-order valence-electron chi connectivity index (χ4n) is 3.12. The molecule has 1 aliphatic carbocycles. The molecule has 0 radical (unpaired) electrons. The van der Waals surface area contributed by atoms with E-state index in [1.165, 1.54) is 37.7 Å². The van der Waals surface area contributed by atoms with Crippen LogP contribution in [0.5, 0.6) is 0 Å². The fraction of sp³-hybridized carbons (Fsp3) is 0.632. The van der Waals surface area contributed by atoms with Crippen molar-refractivity contribution in [3.8, 4) is 0 Å². The van der Waals surface area contributed by atoms with Gasteiger partial charge in [-0.1, -0.05) is 52.2 Å². The van der Waals surface area contributed by atoms with Crippen LogP contribution in [0.3, 0.4) is 0 Å². The maximum atomic E-state index is 11.7. The van der Waals surface area contributed by atoms with Crippen LogP contribution >= 0.6 is 0 Å². The van der Waals surface area contributed by atoms with Crippen molar-refractivity contribution in [3.63, 3.8) is 0 Å². The highest BCUT2D eigenvalue weighted by Crippen LogP contribution is 2.36. The summed E-state index contributed by atoms with van der Waals surface area (Å²) in [5.74, 6) is -0.146. The molecule has 0 bridgehead atoms. The summed E-state index contributed by atoms with van der Waals surface area (Å²) in [4.78, 5) is 11.7. The predicted molar refractivity (Wildman–Crippen MR) is 91.4 cm³/mol. The van der Waals surface area contributed by atoms with Crippen molar-refractivity contribution in [1.29, 1.82) is 0 Å². The highest BCUT2D eigenvalue weighted by atomic mass is 16.4. The second-order valence-corrected chi connectivity index (χ2v) is 7.76. The lowest BCUT2D eigenvalue weighted by atomic mass is 9.74. The van der Waals surface area contributed by atoms with E-state index in [2.05, 4.69) is 17.4 Å². The number of hydrogen-bond donors (Lipinski definition) is 2. The molecule has 22 heavy (non-hydrogen) atoms. The van der Waals surface area contributed by atoms with Crippen molar-refractivity contribution in [1.82, 2.24) is 0 Å². The topological polar surface area (TPSA) is 49.3 Å². The summed E-state index contributed by atoms with van der Waals surface area (Å²) in [6.45, 7) is 7.60. The monoisotopic (exact) mass is 303 g/mol. The Balaban J connectivity index is 2.14. The number of hydrogen-bond acceptors (Lipinski definition) is 2. The summed E-state index contributed by atoms with van der Waals surface area (Å²) < 4.78 is 0. The van der Waals surface area contributed by atoms with Gasteiger partial charge in [0.2, 0.25) is 0 Å². The van der Waals surface area contributed by atoms with Crippen LogP contribution in [-0.2, 0) is 4.79 Å². The SMILES string of the molecule is CC(C)(C)C(C)(Nc1ccc(C2CCCCC2)cc1)C(=O)O. The van der Waals surface area contributed by atoms with Crippen molar-refractivity contribution in [2.45, 2.75) is 71.3 Å². The fourth-order valence-corrected chi connectivity index (χ4v) is 3.12. The van der Waals surface area contributed by atoms with Crippen LogP contribution in [-0.4, -0.2) is 16.6 Å². The second-order valence-electron chi connectivity index (χ2n) is 7.76. The third-order valence-corrected chi connectivity index (χ3v) is 5.31. The number of aliphatic carboxylic acids is 1. The van der Waals surface area contributed by atoms with Gasteiger partial charge in [0.15, 0.2) is 0 Å². The number of rotatable bonds is 4. The normalized spacial score (nSPS) is 19.5. The minimum atomic E-state index is -1.00. The number of carbonyl (C=O) groups is 1. The Morgan fingerprint density at radius 3 is 2.05 bits per heavy atom. The first-order valence-electron chi connectivity index (χ1n) is 8.35. The van der Waals surface area contributed by atoms with Crippen LogP contribution in [0.15, 0.2) is 24.3 Å². The van der Waals surface area contributed by atoms with Gasteiger partial charge in [-0.05, 0) is 48.8 Å². The molecule has 1 saturated carbocycles. The molecule has 122 valence electrons. The van der Waals surface area contributed by atoms with Crippen molar-refractivity contribution >= 4 is 11.7 Å². The summed E-state index contributed by atoms with van der Waals surface area (Å²) in [6, 6.07) is 8.36. The Bertz CT molecular complexity index is 509. The molecule has 3 heteroatoms. The van der Waals surface area contributed by atoms with Gasteiger partial charge in [-0.25, -0.2) is 4.79 Å². The van der Waals surface area contributed by atoms with Crippen LogP contribution in [0.1, 0.15) is 71.3 Å². The van der Waals surface area contributed by atoms with Gasteiger partial charge in [-0.3, -0.25) is 0 Å². The quantitative estimate of drug-likeness (QED) is 0.819. The molecular formula is C19H29NO2. The van der Waals surface area contributed by atoms with Crippen molar-refractivity contribution in [2.75, 3.05) is 5.32 Å². The molecule has 1 unspecified atom stereocenters. The Hall–Kier alpha value is -1.51. The lowest BCUT2D eigenvalue weighted by molar-refractivity contribution is -0.145. The van der Waals surface area contributed by atoms with Crippen LogP contribution < -0.4 is 5.32 Å². The average molecular weight is 303 g/mol. The molecule has 0 amide bonds. The van der Waals surface area contributed by atoms with E-state index in [-0.39, 0.29) is 5.41 Å². The van der Waals surface area contributed by atoms with Gasteiger partial charge in [-0.15, -0.1) is 0 Å². The Morgan fingerprint density at radius 1 is 1.05 bits per heavy atom. The van der Waals surface area contributed by atoms with Crippen molar-refractivity contribution < 1.29 is 9.90 Å². The first kappa shape index (κ1) is 16.9. The molecule has 1 aliphatic rings. The number of benzene rings is 1. The van der Waals surface area contributed by atoms with E-state index in [1.54, 1.807) is 6.92 Å². The molecule has 3 nitrogen and oxygen atoms in total. The van der Waals surface area contributed by atoms with Gasteiger partial charge in [0.05, 0.1) is 0 Å². The molecule has 0 aromatic heterocycles. The third kappa shape index (κ3) is 3.45. The van der Waals surface area contributed by atoms with Gasteiger partial charge in [0.1, 0.15) is 5.54 Å². The summed E-state index contributed by atoms with van der Waals surface area (Å²) in [7, 11) is 0. The molecule has 1 aromatic carbocycles. The van der Waals surface area contributed by atoms with Gasteiger partial charge in [-0.2, -0.15) is 0 Å². The summed E-state index contributed by atoms with van der Waals surface area (Å²) in [6.07, 6.45) is 6.57. The summed E-state index contributed by atoms with van der Waals surface area (Å²) in [5, 5.41) is 12.9. The van der Waals surface area contributed by atoms with E-state index >= 15 is 0 Å². The molecule has 0 heterocycles. The second kappa shape index (κ2) is 6.31. The summed E-state index contributed by atoms with van der Waals surface area (Å²) >= 11 is 0. The first-order chi connectivity index (χ1) is 10.2. The molecule has 0 aliphatic heterocycles. The molecule has 0 spiro atoms. The van der Waals surface area contributed by atoms with Gasteiger partial charge >= 0.3 is 5.97 Å². The highest BCUT2D eigenvalue weighted by Gasteiger charge is 2.44. The molecule has 1 atom stereocenters. The lowest BCUT2D eigenvalue weighted by Crippen LogP contribution is -2.53. The van der Waals surface area contributed by atoms with Crippen LogP contribution in [0.2, 0.25) is 0 Å². The van der Waals surface area contributed by atoms with Crippen LogP contribution in [0.25, 0.3) is 0 Å². The Morgan fingerprint density at radius 2 is 1.59 bits per heavy atom. The van der Waals surface area contributed by atoms with E-state index in [0.717, 1.165) is 5.69 Å². The molecule has 2 rings (SSSR count).